The molecule has 0 spiro atoms. The first-order valence-corrected chi connectivity index (χ1v) is 9.56. The van der Waals surface area contributed by atoms with E-state index in [4.69, 9.17) is 4.74 Å². The molecule has 11 nitrogen and oxygen atoms in total. The van der Waals surface area contributed by atoms with Crippen LogP contribution in [0.25, 0.3) is 0 Å². The number of aryl methyl sites for hydroxylation is 2. The molecule has 1 fully saturated rings. The van der Waals surface area contributed by atoms with Gasteiger partial charge in [0, 0.05) is 44.0 Å². The normalized spacial score (nSPS) is 14.5. The summed E-state index contributed by atoms with van der Waals surface area (Å²) in [5, 5.41) is 24.3. The lowest BCUT2D eigenvalue weighted by Crippen LogP contribution is -2.51. The zero-order chi connectivity index (χ0) is 22.0. The van der Waals surface area contributed by atoms with Crippen LogP contribution in [-0.4, -0.2) is 53.1 Å². The number of piperazine rings is 1. The molecule has 0 bridgehead atoms. The Kier molecular flexibility index (Phi) is 6.27. The highest BCUT2D eigenvalue weighted by Gasteiger charge is 2.26. The van der Waals surface area contributed by atoms with Gasteiger partial charge in [-0.25, -0.2) is 14.4 Å². The van der Waals surface area contributed by atoms with Crippen molar-refractivity contribution in [3.8, 4) is 5.88 Å². The third kappa shape index (κ3) is 4.39. The highest BCUT2D eigenvalue weighted by atomic mass is 32.1. The summed E-state index contributed by atoms with van der Waals surface area (Å²) < 4.78 is 7.07. The standard InChI is InChI=1S/C18H22N6O5S/c1-12-8-17(18(29-3)19-13(12)2)22(30)21-6-4-20(5-7-21)14-9-15(23(25)26)11-16(10-14)24(27)28/h8-11,30H,4-7H2,1-3H3. The van der Waals surface area contributed by atoms with Gasteiger partial charge in [0.05, 0.1) is 28.7 Å². The average Bonchev–Trinajstić information content (AvgIpc) is 2.74. The molecule has 3 rings (SSSR count). The third-order valence-corrected chi connectivity index (χ3v) is 5.49. The van der Waals surface area contributed by atoms with E-state index in [0.717, 1.165) is 17.3 Å². The maximum absolute atomic E-state index is 11.1. The summed E-state index contributed by atoms with van der Waals surface area (Å²) in [6, 6.07) is 5.63. The molecule has 1 saturated heterocycles. The van der Waals surface area contributed by atoms with Crippen molar-refractivity contribution >= 4 is 35.6 Å². The molecule has 0 aliphatic carbocycles. The molecule has 0 radical (unpaired) electrons. The summed E-state index contributed by atoms with van der Waals surface area (Å²) in [5.74, 6) is 0.463. The van der Waals surface area contributed by atoms with E-state index in [2.05, 4.69) is 17.8 Å². The number of nitrogens with zero attached hydrogens (tertiary/aromatic N) is 6. The van der Waals surface area contributed by atoms with Crippen LogP contribution in [0.1, 0.15) is 11.3 Å². The van der Waals surface area contributed by atoms with E-state index < -0.39 is 9.85 Å². The second-order valence-electron chi connectivity index (χ2n) is 6.87. The molecule has 1 aromatic heterocycles. The fourth-order valence-electron chi connectivity index (χ4n) is 3.23. The Morgan fingerprint density at radius 1 is 1.03 bits per heavy atom. The Balaban J connectivity index is 1.78. The van der Waals surface area contributed by atoms with Crippen molar-refractivity contribution in [2.75, 3.05) is 42.6 Å². The summed E-state index contributed by atoms with van der Waals surface area (Å²) in [6.45, 7) is 5.99. The maximum atomic E-state index is 11.1. The van der Waals surface area contributed by atoms with Gasteiger partial charge in [0.25, 0.3) is 11.4 Å². The number of thiol groups is 1. The van der Waals surface area contributed by atoms with Crippen molar-refractivity contribution in [3.05, 3.63) is 55.8 Å². The van der Waals surface area contributed by atoms with Crippen molar-refractivity contribution in [1.29, 1.82) is 0 Å². The topological polar surface area (TPSA) is 118 Å². The van der Waals surface area contributed by atoms with E-state index >= 15 is 0 Å². The molecule has 30 heavy (non-hydrogen) atoms. The van der Waals surface area contributed by atoms with Crippen molar-refractivity contribution in [2.24, 2.45) is 0 Å². The van der Waals surface area contributed by atoms with Crippen LogP contribution < -0.4 is 14.1 Å². The van der Waals surface area contributed by atoms with Gasteiger partial charge >= 0.3 is 0 Å². The lowest BCUT2D eigenvalue weighted by atomic mass is 10.2. The fraction of sp³-hybridized carbons (Fsp3) is 0.389. The first-order chi connectivity index (χ1) is 14.2. The first kappa shape index (κ1) is 21.6. The number of non-ortho nitro benzene ring substituents is 2. The quantitative estimate of drug-likeness (QED) is 0.416. The van der Waals surface area contributed by atoms with Crippen LogP contribution in [0.15, 0.2) is 24.3 Å². The Labute approximate surface area is 178 Å². The van der Waals surface area contributed by atoms with Gasteiger partial charge in [0.2, 0.25) is 5.88 Å². The highest BCUT2D eigenvalue weighted by Crippen LogP contribution is 2.33. The first-order valence-electron chi connectivity index (χ1n) is 9.16. The van der Waals surface area contributed by atoms with Gasteiger partial charge in [-0.2, -0.15) is 0 Å². The SMILES string of the molecule is COc1nc(C)c(C)cc1N(S)N1CCN(c2cc([N+](=O)[O-])cc([N+](=O)[O-])c2)CC1. The Morgan fingerprint density at radius 3 is 2.10 bits per heavy atom. The van der Waals surface area contributed by atoms with Gasteiger partial charge in [-0.3, -0.25) is 20.2 Å². The van der Waals surface area contributed by atoms with Crippen molar-refractivity contribution in [2.45, 2.75) is 13.8 Å². The Hall–Kier alpha value is -3.12. The largest absolute Gasteiger partial charge is 0.479 e. The number of nitro groups is 2. The number of hydrogen-bond donors (Lipinski definition) is 1. The van der Waals surface area contributed by atoms with Crippen LogP contribution in [-0.2, 0) is 0 Å². The molecule has 0 amide bonds. The summed E-state index contributed by atoms with van der Waals surface area (Å²) in [5.41, 5.74) is 2.43. The molecule has 12 heteroatoms. The summed E-state index contributed by atoms with van der Waals surface area (Å²) in [7, 11) is 1.55. The molecular weight excluding hydrogens is 412 g/mol. The van der Waals surface area contributed by atoms with Gasteiger partial charge in [0.1, 0.15) is 5.69 Å². The van der Waals surface area contributed by atoms with E-state index in [1.165, 1.54) is 12.1 Å². The van der Waals surface area contributed by atoms with Crippen LogP contribution >= 0.6 is 12.8 Å². The van der Waals surface area contributed by atoms with Gasteiger partial charge in [-0.1, -0.05) is 0 Å². The monoisotopic (exact) mass is 434 g/mol. The predicted octanol–water partition coefficient (Wildman–Crippen LogP) is 2.91. The van der Waals surface area contributed by atoms with Crippen LogP contribution in [0.5, 0.6) is 5.88 Å². The molecule has 1 aromatic carbocycles. The number of methoxy groups -OCH3 is 1. The Morgan fingerprint density at radius 2 is 1.60 bits per heavy atom. The van der Waals surface area contributed by atoms with Gasteiger partial charge in [-0.15, -0.1) is 0 Å². The average molecular weight is 434 g/mol. The minimum Gasteiger partial charge on any atom is -0.479 e. The zero-order valence-electron chi connectivity index (χ0n) is 16.8. The lowest BCUT2D eigenvalue weighted by molar-refractivity contribution is -0.394. The fourth-order valence-corrected chi connectivity index (χ4v) is 3.55. The van der Waals surface area contributed by atoms with E-state index in [1.807, 2.05) is 29.8 Å². The van der Waals surface area contributed by atoms with E-state index in [1.54, 1.807) is 11.5 Å². The number of ether oxygens (including phenoxy) is 1. The van der Waals surface area contributed by atoms with E-state index in [9.17, 15) is 20.2 Å². The summed E-state index contributed by atoms with van der Waals surface area (Å²) in [6.07, 6.45) is 0. The summed E-state index contributed by atoms with van der Waals surface area (Å²) >= 11 is 4.61. The van der Waals surface area contributed by atoms with Crippen molar-refractivity contribution in [1.82, 2.24) is 9.99 Å². The Bertz CT molecular complexity index is 948. The number of hydrogen-bond acceptors (Lipinski definition) is 10. The van der Waals surface area contributed by atoms with E-state index in [-0.39, 0.29) is 11.4 Å². The van der Waals surface area contributed by atoms with Gasteiger partial charge in [0.15, 0.2) is 0 Å². The van der Waals surface area contributed by atoms with Crippen molar-refractivity contribution < 1.29 is 14.6 Å². The van der Waals surface area contributed by atoms with E-state index in [0.29, 0.717) is 43.4 Å². The van der Waals surface area contributed by atoms with Crippen LogP contribution in [0.4, 0.5) is 22.7 Å². The molecule has 160 valence electrons. The van der Waals surface area contributed by atoms with Crippen molar-refractivity contribution in [3.63, 3.8) is 0 Å². The number of hydrazine groups is 1. The highest BCUT2D eigenvalue weighted by molar-refractivity contribution is 7.81. The van der Waals surface area contributed by atoms with Crippen LogP contribution in [0.2, 0.25) is 0 Å². The molecule has 0 unspecified atom stereocenters. The summed E-state index contributed by atoms with van der Waals surface area (Å²) in [4.78, 5) is 27.4. The molecule has 2 aromatic rings. The number of nitro benzene ring substituents is 2. The predicted molar refractivity (Wildman–Crippen MR) is 115 cm³/mol. The van der Waals surface area contributed by atoms with Crippen LogP contribution in [0, 0.1) is 34.1 Å². The smallest absolute Gasteiger partial charge is 0.278 e. The molecule has 0 N–H and O–H groups in total. The lowest BCUT2D eigenvalue weighted by Gasteiger charge is -2.40. The third-order valence-electron chi connectivity index (χ3n) is 5.02. The molecule has 1 aliphatic rings. The minimum absolute atomic E-state index is 0.302. The molecule has 2 heterocycles. The number of aromatic nitrogens is 1. The number of anilines is 2. The second-order valence-corrected chi connectivity index (χ2v) is 7.25. The second kappa shape index (κ2) is 8.71. The zero-order valence-corrected chi connectivity index (χ0v) is 17.7. The number of pyridine rings is 1. The number of rotatable bonds is 6. The minimum atomic E-state index is -0.624. The number of benzene rings is 1. The molecular formula is C18H22N6O5S. The molecule has 0 saturated carbocycles. The molecule has 0 atom stereocenters. The maximum Gasteiger partial charge on any atom is 0.278 e. The van der Waals surface area contributed by atoms with Crippen LogP contribution in [0.3, 0.4) is 0 Å². The van der Waals surface area contributed by atoms with Gasteiger partial charge in [-0.05, 0) is 38.3 Å². The van der Waals surface area contributed by atoms with Gasteiger partial charge < -0.3 is 9.64 Å². The molecule has 1 aliphatic heterocycles.